The van der Waals surface area contributed by atoms with Gasteiger partial charge in [-0.05, 0) is 24.5 Å². The first kappa shape index (κ1) is 10.1. The Kier molecular flexibility index (Phi) is 2.68. The van der Waals surface area contributed by atoms with Gasteiger partial charge in [-0.3, -0.25) is 0 Å². The third kappa shape index (κ3) is 1.99. The van der Waals surface area contributed by atoms with Crippen LogP contribution in [0.1, 0.15) is 18.9 Å². The summed E-state index contributed by atoms with van der Waals surface area (Å²) in [6.07, 6.45) is 4.73. The molecule has 0 spiro atoms. The maximum atomic E-state index is 13.0. The summed E-state index contributed by atoms with van der Waals surface area (Å²) in [5.74, 6) is -0.312. The molecule has 3 nitrogen and oxygen atoms in total. The van der Waals surface area contributed by atoms with Gasteiger partial charge >= 0.3 is 0 Å². The highest BCUT2D eigenvalue weighted by Gasteiger charge is 2.08. The van der Waals surface area contributed by atoms with E-state index in [1.165, 1.54) is 12.3 Å². The monoisotopic (exact) mass is 207 g/mol. The SMILES string of the molecule is CCC(N)Cc1c[nH]c2ncc(F)cc12. The molecule has 15 heavy (non-hydrogen) atoms. The van der Waals surface area contributed by atoms with Crippen molar-refractivity contribution in [3.8, 4) is 0 Å². The van der Waals surface area contributed by atoms with Gasteiger partial charge in [0.2, 0.25) is 0 Å². The van der Waals surface area contributed by atoms with Crippen LogP contribution in [0.5, 0.6) is 0 Å². The molecule has 4 heteroatoms. The minimum atomic E-state index is -0.312. The summed E-state index contributed by atoms with van der Waals surface area (Å²) < 4.78 is 13.0. The smallest absolute Gasteiger partial charge is 0.142 e. The largest absolute Gasteiger partial charge is 0.346 e. The number of nitrogens with zero attached hydrogens (tertiary/aromatic N) is 1. The summed E-state index contributed by atoms with van der Waals surface area (Å²) in [5, 5.41) is 0.832. The topological polar surface area (TPSA) is 54.7 Å². The standard InChI is InChI=1S/C11H14FN3/c1-2-9(13)3-7-5-14-11-10(7)4-8(12)6-15-11/h4-6,9H,2-3,13H2,1H3,(H,14,15). The molecule has 0 aliphatic rings. The minimum absolute atomic E-state index is 0.118. The van der Waals surface area contributed by atoms with Gasteiger partial charge in [0.15, 0.2) is 0 Å². The Bertz CT molecular complexity index is 464. The Morgan fingerprint density at radius 3 is 3.13 bits per heavy atom. The van der Waals surface area contributed by atoms with Crippen LogP contribution in [0.15, 0.2) is 18.5 Å². The number of H-pyrrole nitrogens is 1. The fourth-order valence-electron chi connectivity index (χ4n) is 1.63. The summed E-state index contributed by atoms with van der Waals surface area (Å²) >= 11 is 0. The Morgan fingerprint density at radius 1 is 1.60 bits per heavy atom. The summed E-state index contributed by atoms with van der Waals surface area (Å²) in [6, 6.07) is 1.61. The molecule has 0 aliphatic heterocycles. The van der Waals surface area contributed by atoms with Gasteiger partial charge in [0.25, 0.3) is 0 Å². The average molecular weight is 207 g/mol. The quantitative estimate of drug-likeness (QED) is 0.808. The van der Waals surface area contributed by atoms with Crippen LogP contribution in [0, 0.1) is 5.82 Å². The van der Waals surface area contributed by atoms with Crippen molar-refractivity contribution in [2.45, 2.75) is 25.8 Å². The van der Waals surface area contributed by atoms with E-state index < -0.39 is 0 Å². The highest BCUT2D eigenvalue weighted by Crippen LogP contribution is 2.18. The first-order valence-electron chi connectivity index (χ1n) is 5.07. The van der Waals surface area contributed by atoms with Crippen LogP contribution < -0.4 is 5.73 Å². The molecule has 2 heterocycles. The van der Waals surface area contributed by atoms with Gasteiger partial charge in [0.1, 0.15) is 11.5 Å². The number of pyridine rings is 1. The van der Waals surface area contributed by atoms with Crippen LogP contribution in [-0.2, 0) is 6.42 Å². The number of hydrogen-bond acceptors (Lipinski definition) is 2. The minimum Gasteiger partial charge on any atom is -0.346 e. The van der Waals surface area contributed by atoms with E-state index in [-0.39, 0.29) is 11.9 Å². The van der Waals surface area contributed by atoms with Gasteiger partial charge in [0.05, 0.1) is 6.20 Å². The summed E-state index contributed by atoms with van der Waals surface area (Å²) in [4.78, 5) is 6.97. The van der Waals surface area contributed by atoms with Crippen molar-refractivity contribution in [3.05, 3.63) is 29.8 Å². The van der Waals surface area contributed by atoms with Crippen molar-refractivity contribution >= 4 is 11.0 Å². The lowest BCUT2D eigenvalue weighted by Gasteiger charge is -2.06. The van der Waals surface area contributed by atoms with Crippen LogP contribution in [0.2, 0.25) is 0 Å². The molecule has 0 fully saturated rings. The molecule has 80 valence electrons. The molecule has 0 amide bonds. The maximum absolute atomic E-state index is 13.0. The van der Waals surface area contributed by atoms with Crippen LogP contribution in [0.4, 0.5) is 4.39 Å². The van der Waals surface area contributed by atoms with Crippen LogP contribution >= 0.6 is 0 Å². The second kappa shape index (κ2) is 3.98. The molecule has 0 saturated heterocycles. The zero-order valence-electron chi connectivity index (χ0n) is 8.63. The van der Waals surface area contributed by atoms with Gasteiger partial charge < -0.3 is 10.7 Å². The number of fused-ring (bicyclic) bond motifs is 1. The number of nitrogens with one attached hydrogen (secondary N) is 1. The van der Waals surface area contributed by atoms with E-state index >= 15 is 0 Å². The third-order valence-electron chi connectivity index (χ3n) is 2.59. The molecule has 0 bridgehead atoms. The van der Waals surface area contributed by atoms with Crippen molar-refractivity contribution in [3.63, 3.8) is 0 Å². The molecule has 0 aromatic carbocycles. The van der Waals surface area contributed by atoms with Gasteiger partial charge in [-0.15, -0.1) is 0 Å². The number of rotatable bonds is 3. The normalized spacial score (nSPS) is 13.3. The van der Waals surface area contributed by atoms with Crippen molar-refractivity contribution in [2.24, 2.45) is 5.73 Å². The second-order valence-electron chi connectivity index (χ2n) is 3.74. The number of nitrogens with two attached hydrogens (primary N) is 1. The zero-order chi connectivity index (χ0) is 10.8. The number of aromatic nitrogens is 2. The first-order chi connectivity index (χ1) is 7.20. The molecular weight excluding hydrogens is 193 g/mol. The Hall–Kier alpha value is -1.42. The molecule has 0 saturated carbocycles. The highest BCUT2D eigenvalue weighted by atomic mass is 19.1. The summed E-state index contributed by atoms with van der Waals surface area (Å²) in [6.45, 7) is 2.04. The van der Waals surface area contributed by atoms with Crippen LogP contribution in [0.25, 0.3) is 11.0 Å². The fourth-order valence-corrected chi connectivity index (χ4v) is 1.63. The maximum Gasteiger partial charge on any atom is 0.142 e. The Morgan fingerprint density at radius 2 is 2.40 bits per heavy atom. The molecular formula is C11H14FN3. The molecule has 1 unspecified atom stereocenters. The van der Waals surface area contributed by atoms with Crippen molar-refractivity contribution in [2.75, 3.05) is 0 Å². The number of halogens is 1. The van der Waals surface area contributed by atoms with E-state index in [9.17, 15) is 4.39 Å². The fraction of sp³-hybridized carbons (Fsp3) is 0.364. The molecule has 1 atom stereocenters. The van der Waals surface area contributed by atoms with Crippen molar-refractivity contribution in [1.29, 1.82) is 0 Å². The van der Waals surface area contributed by atoms with E-state index in [4.69, 9.17) is 5.73 Å². The lowest BCUT2D eigenvalue weighted by molar-refractivity contribution is 0.623. The predicted octanol–water partition coefficient (Wildman–Crippen LogP) is 1.98. The third-order valence-corrected chi connectivity index (χ3v) is 2.59. The van der Waals surface area contributed by atoms with Crippen molar-refractivity contribution in [1.82, 2.24) is 9.97 Å². The zero-order valence-corrected chi connectivity index (χ0v) is 8.63. The predicted molar refractivity (Wildman–Crippen MR) is 58.0 cm³/mol. The first-order valence-corrected chi connectivity index (χ1v) is 5.07. The number of aromatic amines is 1. The number of hydrogen-bond donors (Lipinski definition) is 2. The van der Waals surface area contributed by atoms with Gasteiger partial charge in [-0.2, -0.15) is 0 Å². The van der Waals surface area contributed by atoms with E-state index in [0.717, 1.165) is 29.4 Å². The highest BCUT2D eigenvalue weighted by molar-refractivity contribution is 5.79. The van der Waals surface area contributed by atoms with Gasteiger partial charge in [-0.1, -0.05) is 6.92 Å². The van der Waals surface area contributed by atoms with E-state index in [1.54, 1.807) is 0 Å². The van der Waals surface area contributed by atoms with Crippen molar-refractivity contribution < 1.29 is 4.39 Å². The second-order valence-corrected chi connectivity index (χ2v) is 3.74. The lowest BCUT2D eigenvalue weighted by Crippen LogP contribution is -2.21. The van der Waals surface area contributed by atoms with Gasteiger partial charge in [0, 0.05) is 17.6 Å². The molecule has 3 N–H and O–H groups in total. The van der Waals surface area contributed by atoms with Crippen LogP contribution in [-0.4, -0.2) is 16.0 Å². The van der Waals surface area contributed by atoms with Crippen LogP contribution in [0.3, 0.4) is 0 Å². The lowest BCUT2D eigenvalue weighted by atomic mass is 10.1. The molecule has 0 radical (unpaired) electrons. The average Bonchev–Trinajstić information content (AvgIpc) is 2.61. The molecule has 2 aromatic rings. The summed E-state index contributed by atoms with van der Waals surface area (Å²) in [5.41, 5.74) is 7.62. The summed E-state index contributed by atoms with van der Waals surface area (Å²) in [7, 11) is 0. The molecule has 0 aliphatic carbocycles. The van der Waals surface area contributed by atoms with Gasteiger partial charge in [-0.25, -0.2) is 9.37 Å². The van der Waals surface area contributed by atoms with E-state index in [0.29, 0.717) is 0 Å². The Labute approximate surface area is 87.5 Å². The van der Waals surface area contributed by atoms with E-state index in [1.807, 2.05) is 13.1 Å². The molecule has 2 aromatic heterocycles. The Balaban J connectivity index is 2.39. The van der Waals surface area contributed by atoms with E-state index in [2.05, 4.69) is 9.97 Å². The molecule has 2 rings (SSSR count).